The Labute approximate surface area is 161 Å². The van der Waals surface area contributed by atoms with E-state index in [2.05, 4.69) is 24.1 Å². The predicted molar refractivity (Wildman–Crippen MR) is 105 cm³/mol. The third-order valence-corrected chi connectivity index (χ3v) is 6.08. The molecule has 2 aromatic rings. The first-order valence-corrected chi connectivity index (χ1v) is 9.30. The number of aryl methyl sites for hydroxylation is 1. The molecule has 4 nitrogen and oxygen atoms in total. The highest BCUT2D eigenvalue weighted by Gasteiger charge is 2.39. The lowest BCUT2D eigenvalue weighted by molar-refractivity contribution is 0.193. The smallest absolute Gasteiger partial charge is 0.123 e. The highest BCUT2D eigenvalue weighted by Crippen LogP contribution is 2.39. The van der Waals surface area contributed by atoms with E-state index in [-0.39, 0.29) is 18.2 Å². The van der Waals surface area contributed by atoms with Crippen LogP contribution in [0.15, 0.2) is 24.3 Å². The summed E-state index contributed by atoms with van der Waals surface area (Å²) in [5, 5.41) is 8.20. The van der Waals surface area contributed by atoms with Gasteiger partial charge in [0.05, 0.1) is 11.4 Å². The largest absolute Gasteiger partial charge is 0.317 e. The van der Waals surface area contributed by atoms with Gasteiger partial charge in [-0.2, -0.15) is 5.10 Å². The maximum Gasteiger partial charge on any atom is 0.123 e. The minimum atomic E-state index is -0.213. The number of halogens is 2. The van der Waals surface area contributed by atoms with Crippen LogP contribution in [0.3, 0.4) is 0 Å². The average Bonchev–Trinajstić information content (AvgIpc) is 3.12. The summed E-state index contributed by atoms with van der Waals surface area (Å²) in [5.41, 5.74) is 5.00. The molecule has 0 radical (unpaired) electrons. The zero-order chi connectivity index (χ0) is 17.4. The second kappa shape index (κ2) is 7.67. The molecule has 0 amide bonds. The van der Waals surface area contributed by atoms with Crippen molar-refractivity contribution in [2.24, 2.45) is 5.41 Å². The monoisotopic (exact) mass is 378 g/mol. The summed E-state index contributed by atoms with van der Waals surface area (Å²) in [6.45, 7) is 9.88. The number of aromatic nitrogens is 2. The molecule has 2 saturated heterocycles. The summed E-state index contributed by atoms with van der Waals surface area (Å²) >= 11 is 0. The molecule has 4 rings (SSSR count). The summed E-state index contributed by atoms with van der Waals surface area (Å²) in [4.78, 5) is 2.59. The van der Waals surface area contributed by atoms with Gasteiger partial charge >= 0.3 is 0 Å². The summed E-state index contributed by atoms with van der Waals surface area (Å²) in [7, 11) is 0. The molecule has 142 valence electrons. The van der Waals surface area contributed by atoms with Gasteiger partial charge in [-0.25, -0.2) is 9.07 Å². The molecule has 2 aliphatic rings. The number of nitrogens with zero attached hydrogens (tertiary/aromatic N) is 3. The van der Waals surface area contributed by atoms with Crippen molar-refractivity contribution in [1.29, 1.82) is 0 Å². The number of hydrogen-bond donors (Lipinski definition) is 1. The van der Waals surface area contributed by atoms with E-state index in [1.807, 2.05) is 4.68 Å². The van der Waals surface area contributed by atoms with Crippen molar-refractivity contribution in [3.8, 4) is 5.69 Å². The van der Waals surface area contributed by atoms with Crippen molar-refractivity contribution in [3.05, 3.63) is 47.0 Å². The van der Waals surface area contributed by atoms with Crippen LogP contribution in [-0.2, 0) is 6.54 Å². The van der Waals surface area contributed by atoms with Gasteiger partial charge in [0.1, 0.15) is 5.82 Å². The van der Waals surface area contributed by atoms with Gasteiger partial charge in [-0.15, -0.1) is 12.4 Å². The SMILES string of the molecule is Cc1nn(-c2ccc(F)cc2)c(C)c1CN1CCC2(CCNCC2)C1.Cl. The van der Waals surface area contributed by atoms with Gasteiger partial charge < -0.3 is 5.32 Å². The third kappa shape index (κ3) is 3.66. The molecule has 2 fully saturated rings. The standard InChI is InChI=1S/C20H27FN4.ClH/c1-15-19(13-24-12-9-20(14-24)7-10-22-11-8-20)16(2)25(23-15)18-5-3-17(21)4-6-18;/h3-6,22H,7-14H2,1-2H3;1H. The van der Waals surface area contributed by atoms with Crippen LogP contribution >= 0.6 is 12.4 Å². The zero-order valence-corrected chi connectivity index (χ0v) is 16.4. The van der Waals surface area contributed by atoms with Crippen molar-refractivity contribution < 1.29 is 4.39 Å². The van der Waals surface area contributed by atoms with E-state index >= 15 is 0 Å². The van der Waals surface area contributed by atoms with Gasteiger partial charge in [0, 0.05) is 24.3 Å². The van der Waals surface area contributed by atoms with Crippen molar-refractivity contribution in [2.45, 2.75) is 39.7 Å². The topological polar surface area (TPSA) is 33.1 Å². The van der Waals surface area contributed by atoms with E-state index < -0.39 is 0 Å². The van der Waals surface area contributed by atoms with E-state index in [9.17, 15) is 4.39 Å². The first kappa shape index (κ1) is 19.3. The fourth-order valence-electron chi connectivity index (χ4n) is 4.49. The second-order valence-electron chi connectivity index (χ2n) is 7.75. The highest BCUT2D eigenvalue weighted by molar-refractivity contribution is 5.85. The van der Waals surface area contributed by atoms with Crippen molar-refractivity contribution >= 4 is 12.4 Å². The molecular weight excluding hydrogens is 351 g/mol. The van der Waals surface area contributed by atoms with Gasteiger partial charge in [0.2, 0.25) is 0 Å². The van der Waals surface area contributed by atoms with Gasteiger partial charge in [0.25, 0.3) is 0 Å². The second-order valence-corrected chi connectivity index (χ2v) is 7.75. The van der Waals surface area contributed by atoms with Gasteiger partial charge in [-0.3, -0.25) is 4.90 Å². The van der Waals surface area contributed by atoms with Crippen LogP contribution in [0.1, 0.15) is 36.2 Å². The number of nitrogens with one attached hydrogen (secondary N) is 1. The van der Waals surface area contributed by atoms with Gasteiger partial charge in [0.15, 0.2) is 0 Å². The molecule has 26 heavy (non-hydrogen) atoms. The Bertz CT molecular complexity index is 750. The summed E-state index contributed by atoms with van der Waals surface area (Å²) in [6, 6.07) is 6.57. The highest BCUT2D eigenvalue weighted by atomic mass is 35.5. The van der Waals surface area contributed by atoms with Gasteiger partial charge in [-0.05, 0) is 82.4 Å². The Morgan fingerprint density at radius 2 is 1.81 bits per heavy atom. The van der Waals surface area contributed by atoms with E-state index in [0.717, 1.165) is 36.7 Å². The number of likely N-dealkylation sites (tertiary alicyclic amines) is 1. The lowest BCUT2D eigenvalue weighted by Gasteiger charge is -2.34. The molecule has 1 aromatic carbocycles. The Balaban J connectivity index is 0.00000196. The fourth-order valence-corrected chi connectivity index (χ4v) is 4.49. The van der Waals surface area contributed by atoms with Crippen LogP contribution in [0.2, 0.25) is 0 Å². The van der Waals surface area contributed by atoms with Crippen LogP contribution in [0.25, 0.3) is 5.69 Å². The fraction of sp³-hybridized carbons (Fsp3) is 0.550. The third-order valence-electron chi connectivity index (χ3n) is 6.08. The lowest BCUT2D eigenvalue weighted by atomic mass is 9.78. The number of piperidine rings is 1. The Morgan fingerprint density at radius 3 is 2.50 bits per heavy atom. The quantitative estimate of drug-likeness (QED) is 0.885. The normalized spacial score (nSPS) is 19.7. The maximum atomic E-state index is 13.2. The van der Waals surface area contributed by atoms with Crippen molar-refractivity contribution in [1.82, 2.24) is 20.0 Å². The molecule has 0 saturated carbocycles. The predicted octanol–water partition coefficient (Wildman–Crippen LogP) is 3.63. The van der Waals surface area contributed by atoms with Crippen LogP contribution < -0.4 is 5.32 Å². The van der Waals surface area contributed by atoms with Crippen molar-refractivity contribution in [3.63, 3.8) is 0 Å². The van der Waals surface area contributed by atoms with Crippen LogP contribution in [0, 0.1) is 25.1 Å². The Hall–Kier alpha value is -1.43. The summed E-state index contributed by atoms with van der Waals surface area (Å²) in [6.07, 6.45) is 3.92. The zero-order valence-electron chi connectivity index (χ0n) is 15.6. The molecule has 1 N–H and O–H groups in total. The molecule has 6 heteroatoms. The van der Waals surface area contributed by atoms with Gasteiger partial charge in [-0.1, -0.05) is 0 Å². The molecule has 0 atom stereocenters. The Kier molecular flexibility index (Phi) is 5.70. The maximum absolute atomic E-state index is 13.2. The van der Waals surface area contributed by atoms with Crippen molar-refractivity contribution in [2.75, 3.05) is 26.2 Å². The molecule has 0 unspecified atom stereocenters. The van der Waals surface area contributed by atoms with E-state index in [0.29, 0.717) is 5.41 Å². The van der Waals surface area contributed by atoms with E-state index in [1.165, 1.54) is 50.0 Å². The minimum absolute atomic E-state index is 0. The summed E-state index contributed by atoms with van der Waals surface area (Å²) in [5.74, 6) is -0.213. The molecule has 0 bridgehead atoms. The van der Waals surface area contributed by atoms with E-state index in [4.69, 9.17) is 5.10 Å². The molecular formula is C20H28ClFN4. The number of rotatable bonds is 3. The molecule has 1 aromatic heterocycles. The molecule has 2 aliphatic heterocycles. The Morgan fingerprint density at radius 1 is 1.12 bits per heavy atom. The van der Waals surface area contributed by atoms with E-state index in [1.54, 1.807) is 12.1 Å². The number of hydrogen-bond acceptors (Lipinski definition) is 3. The van der Waals surface area contributed by atoms with Crippen LogP contribution in [-0.4, -0.2) is 40.9 Å². The lowest BCUT2D eigenvalue weighted by Crippen LogP contribution is -2.38. The molecule has 0 aliphatic carbocycles. The average molecular weight is 379 g/mol. The summed E-state index contributed by atoms with van der Waals surface area (Å²) < 4.78 is 15.1. The molecule has 1 spiro atoms. The van der Waals surface area contributed by atoms with Crippen LogP contribution in [0.4, 0.5) is 4.39 Å². The first-order valence-electron chi connectivity index (χ1n) is 9.30. The van der Waals surface area contributed by atoms with Crippen LogP contribution in [0.5, 0.6) is 0 Å². The minimum Gasteiger partial charge on any atom is -0.317 e. The molecule has 3 heterocycles. The number of benzene rings is 1. The first-order chi connectivity index (χ1) is 12.1.